The molecule has 0 unspecified atom stereocenters. The van der Waals surface area contributed by atoms with Crippen LogP contribution >= 0.6 is 11.8 Å². The fourth-order valence-corrected chi connectivity index (χ4v) is 3.31. The van der Waals surface area contributed by atoms with Gasteiger partial charge in [0, 0.05) is 19.0 Å². The SMILES string of the molecule is CSc1ccc([C@H]2[C@H]3C(=O)N(C)C(=O)[C@H]3ON2C)cc1. The number of fused-ring (bicyclic) bond motifs is 1. The molecule has 20 heavy (non-hydrogen) atoms. The highest BCUT2D eigenvalue weighted by molar-refractivity contribution is 7.98. The Kier molecular flexibility index (Phi) is 3.32. The molecule has 0 spiro atoms. The summed E-state index contributed by atoms with van der Waals surface area (Å²) in [6.45, 7) is 0. The highest BCUT2D eigenvalue weighted by Crippen LogP contribution is 2.43. The van der Waals surface area contributed by atoms with E-state index in [1.165, 1.54) is 11.9 Å². The zero-order valence-electron chi connectivity index (χ0n) is 11.6. The Labute approximate surface area is 121 Å². The first-order valence-corrected chi connectivity index (χ1v) is 7.62. The number of hydrogen-bond donors (Lipinski definition) is 0. The van der Waals surface area contributed by atoms with Crippen molar-refractivity contribution in [2.45, 2.75) is 17.0 Å². The standard InChI is InChI=1S/C14H16N2O3S/c1-15-13(17)10-11(16(2)19-12(10)14(15)18)8-4-6-9(20-3)7-5-8/h4-7,10-12H,1-3H3/t10-,11+,12+/m1/s1. The van der Waals surface area contributed by atoms with Crippen LogP contribution in [0.1, 0.15) is 11.6 Å². The molecule has 2 heterocycles. The van der Waals surface area contributed by atoms with E-state index in [1.807, 2.05) is 30.5 Å². The van der Waals surface area contributed by atoms with Gasteiger partial charge in [0.15, 0.2) is 6.10 Å². The highest BCUT2D eigenvalue weighted by Gasteiger charge is 2.57. The third-order valence-electron chi connectivity index (χ3n) is 3.98. The molecule has 5 nitrogen and oxygen atoms in total. The number of amides is 2. The first kappa shape index (κ1) is 13.6. The molecular formula is C14H16N2O3S. The van der Waals surface area contributed by atoms with Crippen molar-refractivity contribution in [3.8, 4) is 0 Å². The highest BCUT2D eigenvalue weighted by atomic mass is 32.2. The summed E-state index contributed by atoms with van der Waals surface area (Å²) in [6, 6.07) is 7.82. The molecule has 0 N–H and O–H groups in total. The first-order valence-electron chi connectivity index (χ1n) is 6.39. The third kappa shape index (κ3) is 1.87. The van der Waals surface area contributed by atoms with Crippen LogP contribution in [0.5, 0.6) is 0 Å². The smallest absolute Gasteiger partial charge is 0.261 e. The summed E-state index contributed by atoms with van der Waals surface area (Å²) in [5.74, 6) is -0.865. The summed E-state index contributed by atoms with van der Waals surface area (Å²) in [5.41, 5.74) is 0.995. The molecule has 2 fully saturated rings. The maximum absolute atomic E-state index is 12.2. The number of benzene rings is 1. The molecular weight excluding hydrogens is 276 g/mol. The maximum Gasteiger partial charge on any atom is 0.261 e. The Bertz CT molecular complexity index is 560. The van der Waals surface area contributed by atoms with Gasteiger partial charge in [-0.15, -0.1) is 11.8 Å². The normalized spacial score (nSPS) is 30.1. The second kappa shape index (κ2) is 4.87. The molecule has 3 atom stereocenters. The Morgan fingerprint density at radius 3 is 2.35 bits per heavy atom. The number of carbonyl (C=O) groups is 2. The van der Waals surface area contributed by atoms with E-state index in [4.69, 9.17) is 4.84 Å². The molecule has 0 aliphatic carbocycles. The van der Waals surface area contributed by atoms with Crippen LogP contribution in [0.3, 0.4) is 0 Å². The van der Waals surface area contributed by atoms with E-state index in [0.29, 0.717) is 0 Å². The van der Waals surface area contributed by atoms with Crippen LogP contribution in [0.15, 0.2) is 29.2 Å². The topological polar surface area (TPSA) is 49.9 Å². The molecule has 1 aromatic carbocycles. The molecule has 0 radical (unpaired) electrons. The molecule has 106 valence electrons. The van der Waals surface area contributed by atoms with Gasteiger partial charge in [0.25, 0.3) is 5.91 Å². The summed E-state index contributed by atoms with van der Waals surface area (Å²) in [5, 5.41) is 1.63. The zero-order valence-corrected chi connectivity index (χ0v) is 12.4. The first-order chi connectivity index (χ1) is 9.54. The Balaban J connectivity index is 1.96. The lowest BCUT2D eigenvalue weighted by Crippen LogP contribution is -2.33. The molecule has 0 bridgehead atoms. The average molecular weight is 292 g/mol. The molecule has 2 aliphatic rings. The van der Waals surface area contributed by atoms with Crippen molar-refractivity contribution in [3.63, 3.8) is 0 Å². The van der Waals surface area contributed by atoms with Gasteiger partial charge in [-0.3, -0.25) is 19.3 Å². The van der Waals surface area contributed by atoms with Gasteiger partial charge >= 0.3 is 0 Å². The van der Waals surface area contributed by atoms with E-state index in [1.54, 1.807) is 23.9 Å². The van der Waals surface area contributed by atoms with Crippen molar-refractivity contribution >= 4 is 23.6 Å². The molecule has 0 saturated carbocycles. The van der Waals surface area contributed by atoms with Crippen LogP contribution in [0.25, 0.3) is 0 Å². The predicted octanol–water partition coefficient (Wildman–Crippen LogP) is 1.31. The minimum Gasteiger partial charge on any atom is -0.284 e. The lowest BCUT2D eigenvalue weighted by atomic mass is 9.91. The van der Waals surface area contributed by atoms with E-state index in [9.17, 15) is 9.59 Å². The van der Waals surface area contributed by atoms with Crippen molar-refractivity contribution in [2.24, 2.45) is 5.92 Å². The van der Waals surface area contributed by atoms with E-state index in [0.717, 1.165) is 10.5 Å². The average Bonchev–Trinajstić information content (AvgIpc) is 2.90. The number of thioether (sulfide) groups is 1. The largest absolute Gasteiger partial charge is 0.284 e. The monoisotopic (exact) mass is 292 g/mol. The second-order valence-corrected chi connectivity index (χ2v) is 5.93. The molecule has 3 rings (SSSR count). The van der Waals surface area contributed by atoms with Gasteiger partial charge < -0.3 is 0 Å². The van der Waals surface area contributed by atoms with Crippen molar-refractivity contribution in [1.82, 2.24) is 9.96 Å². The van der Waals surface area contributed by atoms with Gasteiger partial charge in [-0.2, -0.15) is 5.06 Å². The lowest BCUT2D eigenvalue weighted by Gasteiger charge is -2.22. The number of rotatable bonds is 2. The van der Waals surface area contributed by atoms with Crippen molar-refractivity contribution in [2.75, 3.05) is 20.4 Å². The number of likely N-dealkylation sites (tertiary alicyclic amines) is 1. The summed E-state index contributed by atoms with van der Waals surface area (Å²) in [7, 11) is 3.28. The third-order valence-corrected chi connectivity index (χ3v) is 4.73. The Morgan fingerprint density at radius 1 is 1.10 bits per heavy atom. The van der Waals surface area contributed by atoms with Crippen molar-refractivity contribution in [1.29, 1.82) is 0 Å². The predicted molar refractivity (Wildman–Crippen MR) is 74.9 cm³/mol. The number of likely N-dealkylation sites (N-methyl/N-ethyl adjacent to an activating group) is 1. The molecule has 1 aromatic rings. The summed E-state index contributed by atoms with van der Waals surface area (Å²) < 4.78 is 0. The number of hydroxylamine groups is 2. The van der Waals surface area contributed by atoms with Crippen molar-refractivity contribution in [3.05, 3.63) is 29.8 Å². The van der Waals surface area contributed by atoms with Crippen LogP contribution in [0.2, 0.25) is 0 Å². The summed E-state index contributed by atoms with van der Waals surface area (Å²) in [6.07, 6.45) is 1.34. The van der Waals surface area contributed by atoms with E-state index >= 15 is 0 Å². The van der Waals surface area contributed by atoms with Crippen LogP contribution < -0.4 is 0 Å². The van der Waals surface area contributed by atoms with Gasteiger partial charge in [0.05, 0.1) is 12.0 Å². The minimum absolute atomic E-state index is 0.164. The van der Waals surface area contributed by atoms with Gasteiger partial charge in [-0.25, -0.2) is 0 Å². The molecule has 2 amide bonds. The Hall–Kier alpha value is -1.37. The molecule has 2 saturated heterocycles. The fraction of sp³-hybridized carbons (Fsp3) is 0.429. The fourth-order valence-electron chi connectivity index (χ4n) is 2.91. The summed E-state index contributed by atoms with van der Waals surface area (Å²) >= 11 is 1.67. The molecule has 6 heteroatoms. The second-order valence-electron chi connectivity index (χ2n) is 5.05. The number of imide groups is 1. The minimum atomic E-state index is -0.678. The van der Waals surface area contributed by atoms with E-state index < -0.39 is 12.0 Å². The van der Waals surface area contributed by atoms with E-state index in [-0.39, 0.29) is 17.9 Å². The van der Waals surface area contributed by atoms with Gasteiger partial charge in [-0.1, -0.05) is 12.1 Å². The zero-order chi connectivity index (χ0) is 14.4. The Morgan fingerprint density at radius 2 is 1.75 bits per heavy atom. The number of hydrogen-bond acceptors (Lipinski definition) is 5. The summed E-state index contributed by atoms with van der Waals surface area (Å²) in [4.78, 5) is 32.1. The van der Waals surface area contributed by atoms with Crippen LogP contribution in [-0.2, 0) is 14.4 Å². The quantitative estimate of drug-likeness (QED) is 0.607. The van der Waals surface area contributed by atoms with Gasteiger partial charge in [0.2, 0.25) is 5.91 Å². The van der Waals surface area contributed by atoms with Crippen molar-refractivity contribution < 1.29 is 14.4 Å². The van der Waals surface area contributed by atoms with Gasteiger partial charge in [-0.05, 0) is 24.0 Å². The van der Waals surface area contributed by atoms with Crippen LogP contribution in [0, 0.1) is 5.92 Å². The van der Waals surface area contributed by atoms with E-state index in [2.05, 4.69) is 0 Å². The van der Waals surface area contributed by atoms with Crippen LogP contribution in [-0.4, -0.2) is 48.2 Å². The lowest BCUT2D eigenvalue weighted by molar-refractivity contribution is -0.168. The van der Waals surface area contributed by atoms with Crippen LogP contribution in [0.4, 0.5) is 0 Å². The van der Waals surface area contributed by atoms with Gasteiger partial charge in [0.1, 0.15) is 0 Å². The molecule has 2 aliphatic heterocycles. The number of carbonyl (C=O) groups excluding carboxylic acids is 2. The maximum atomic E-state index is 12.2. The number of nitrogens with zero attached hydrogens (tertiary/aromatic N) is 2. The molecule has 0 aromatic heterocycles.